The van der Waals surface area contributed by atoms with Crippen LogP contribution in [-0.4, -0.2) is 55.2 Å². The molecule has 0 aromatic heterocycles. The largest absolute Gasteiger partial charge is 0.342 e. The van der Waals surface area contributed by atoms with Crippen molar-refractivity contribution in [2.45, 2.75) is 44.2 Å². The summed E-state index contributed by atoms with van der Waals surface area (Å²) in [6.45, 7) is 6.32. The molecule has 24 heavy (non-hydrogen) atoms. The quantitative estimate of drug-likeness (QED) is 0.855. The summed E-state index contributed by atoms with van der Waals surface area (Å²) in [6.07, 6.45) is 0.287. The van der Waals surface area contributed by atoms with Gasteiger partial charge in [-0.25, -0.2) is 12.8 Å². The number of likely N-dealkylation sites (N-methyl/N-ethyl adjacent to an activating group) is 1. The minimum Gasteiger partial charge on any atom is -0.342 e. The van der Waals surface area contributed by atoms with Crippen LogP contribution in [0.4, 0.5) is 4.39 Å². The molecule has 0 saturated carbocycles. The smallest absolute Gasteiger partial charge is 0.244 e. The summed E-state index contributed by atoms with van der Waals surface area (Å²) >= 11 is 0. The average Bonchev–Trinajstić information content (AvgIpc) is 2.90. The van der Waals surface area contributed by atoms with Gasteiger partial charge in [-0.1, -0.05) is 0 Å². The van der Waals surface area contributed by atoms with Crippen LogP contribution in [0.15, 0.2) is 23.1 Å². The van der Waals surface area contributed by atoms with E-state index in [9.17, 15) is 17.6 Å². The number of amides is 1. The van der Waals surface area contributed by atoms with Gasteiger partial charge in [-0.15, -0.1) is 0 Å². The zero-order chi connectivity index (χ0) is 18.1. The first-order valence-corrected chi connectivity index (χ1v) is 9.48. The first-order valence-electron chi connectivity index (χ1n) is 8.04. The van der Waals surface area contributed by atoms with Gasteiger partial charge in [0.1, 0.15) is 11.9 Å². The average molecular weight is 357 g/mol. The number of halogens is 1. The molecule has 0 bridgehead atoms. The summed E-state index contributed by atoms with van der Waals surface area (Å²) in [4.78, 5) is 14.3. The number of nitrogens with two attached hydrogens (primary N) is 1. The second-order valence-corrected chi connectivity index (χ2v) is 7.87. The molecule has 2 atom stereocenters. The van der Waals surface area contributed by atoms with Crippen molar-refractivity contribution in [2.75, 3.05) is 19.6 Å². The molecule has 0 spiro atoms. The van der Waals surface area contributed by atoms with Crippen molar-refractivity contribution in [1.82, 2.24) is 9.21 Å². The van der Waals surface area contributed by atoms with Crippen molar-refractivity contribution in [2.24, 2.45) is 5.73 Å². The maximum Gasteiger partial charge on any atom is 0.244 e. The van der Waals surface area contributed by atoms with Crippen LogP contribution in [0, 0.1) is 12.7 Å². The summed E-state index contributed by atoms with van der Waals surface area (Å²) in [5.41, 5.74) is 6.25. The Kier molecular flexibility index (Phi) is 5.62. The molecule has 1 aliphatic rings. The van der Waals surface area contributed by atoms with Gasteiger partial charge in [-0.05, 0) is 51.0 Å². The molecule has 2 rings (SSSR count). The van der Waals surface area contributed by atoms with Gasteiger partial charge < -0.3 is 10.6 Å². The molecule has 1 aromatic rings. The lowest BCUT2D eigenvalue weighted by Gasteiger charge is -2.28. The van der Waals surface area contributed by atoms with Crippen molar-refractivity contribution in [3.05, 3.63) is 29.6 Å². The minimum absolute atomic E-state index is 0.00958. The van der Waals surface area contributed by atoms with E-state index in [-0.39, 0.29) is 23.8 Å². The topological polar surface area (TPSA) is 83.7 Å². The van der Waals surface area contributed by atoms with Gasteiger partial charge in [0.2, 0.25) is 15.9 Å². The molecular formula is C16H24FN3O3S. The molecule has 1 fully saturated rings. The van der Waals surface area contributed by atoms with Crippen molar-refractivity contribution < 1.29 is 17.6 Å². The molecule has 1 saturated heterocycles. The number of hydrogen-bond acceptors (Lipinski definition) is 4. The maximum atomic E-state index is 13.3. The molecular weight excluding hydrogens is 333 g/mol. The Morgan fingerprint density at radius 1 is 1.38 bits per heavy atom. The number of carbonyl (C=O) groups excluding carboxylic acids is 1. The highest BCUT2D eigenvalue weighted by atomic mass is 32.2. The fraction of sp³-hybridized carbons (Fsp3) is 0.562. The van der Waals surface area contributed by atoms with Crippen LogP contribution >= 0.6 is 0 Å². The van der Waals surface area contributed by atoms with Gasteiger partial charge in [0.15, 0.2) is 0 Å². The van der Waals surface area contributed by atoms with Gasteiger partial charge >= 0.3 is 0 Å². The van der Waals surface area contributed by atoms with E-state index in [1.54, 1.807) is 4.90 Å². The van der Waals surface area contributed by atoms with E-state index in [0.29, 0.717) is 18.7 Å². The Bertz CT molecular complexity index is 719. The molecule has 1 aromatic carbocycles. The third kappa shape index (κ3) is 3.45. The second kappa shape index (κ2) is 7.16. The van der Waals surface area contributed by atoms with Gasteiger partial charge in [0.25, 0.3) is 0 Å². The number of carbonyl (C=O) groups is 1. The number of rotatable bonds is 5. The van der Waals surface area contributed by atoms with Crippen LogP contribution in [0.2, 0.25) is 0 Å². The highest BCUT2D eigenvalue weighted by molar-refractivity contribution is 7.89. The van der Waals surface area contributed by atoms with Gasteiger partial charge in [-0.3, -0.25) is 4.79 Å². The Morgan fingerprint density at radius 2 is 2.00 bits per heavy atom. The van der Waals surface area contributed by atoms with E-state index in [2.05, 4.69) is 0 Å². The Labute approximate surface area is 142 Å². The summed E-state index contributed by atoms with van der Waals surface area (Å²) in [5, 5.41) is 0. The first kappa shape index (κ1) is 18.8. The van der Waals surface area contributed by atoms with Gasteiger partial charge in [0.05, 0.1) is 4.90 Å². The highest BCUT2D eigenvalue weighted by Gasteiger charge is 2.44. The lowest BCUT2D eigenvalue weighted by atomic mass is 10.1. The molecule has 134 valence electrons. The van der Waals surface area contributed by atoms with Crippen molar-refractivity contribution in [3.8, 4) is 0 Å². The predicted molar refractivity (Wildman–Crippen MR) is 89.3 cm³/mol. The van der Waals surface area contributed by atoms with E-state index in [1.807, 2.05) is 13.8 Å². The van der Waals surface area contributed by atoms with Crippen LogP contribution in [0.5, 0.6) is 0 Å². The zero-order valence-electron chi connectivity index (χ0n) is 14.2. The van der Waals surface area contributed by atoms with Crippen LogP contribution in [0.1, 0.15) is 25.8 Å². The summed E-state index contributed by atoms with van der Waals surface area (Å²) in [7, 11) is -3.92. The Hall–Kier alpha value is -1.51. The number of sulfonamides is 1. The van der Waals surface area contributed by atoms with Crippen LogP contribution in [0.3, 0.4) is 0 Å². The SMILES string of the molecule is CCN(CC)C(=O)C1CC(N)CN1S(=O)(=O)c1ccc(F)cc1C. The Balaban J connectivity index is 2.41. The van der Waals surface area contributed by atoms with Crippen molar-refractivity contribution in [1.29, 1.82) is 0 Å². The summed E-state index contributed by atoms with van der Waals surface area (Å²) < 4.78 is 40.5. The second-order valence-electron chi connectivity index (χ2n) is 6.01. The molecule has 1 aliphatic heterocycles. The molecule has 0 aliphatic carbocycles. The fourth-order valence-corrected chi connectivity index (χ4v) is 4.96. The van der Waals surface area contributed by atoms with Crippen molar-refractivity contribution in [3.63, 3.8) is 0 Å². The lowest BCUT2D eigenvalue weighted by Crippen LogP contribution is -2.47. The molecule has 8 heteroatoms. The predicted octanol–water partition coefficient (Wildman–Crippen LogP) is 1.09. The van der Waals surface area contributed by atoms with E-state index in [1.165, 1.54) is 23.4 Å². The summed E-state index contributed by atoms with van der Waals surface area (Å²) in [5.74, 6) is -0.739. The van der Waals surface area contributed by atoms with Gasteiger partial charge in [-0.2, -0.15) is 4.31 Å². The number of aryl methyl sites for hydroxylation is 1. The number of hydrogen-bond donors (Lipinski definition) is 1. The third-order valence-electron chi connectivity index (χ3n) is 4.37. The fourth-order valence-electron chi connectivity index (χ4n) is 3.10. The molecule has 1 amide bonds. The number of nitrogens with zero attached hydrogens (tertiary/aromatic N) is 2. The molecule has 2 N–H and O–H groups in total. The standard InChI is InChI=1S/C16H24FN3O3S/c1-4-19(5-2)16(21)14-9-13(18)10-20(14)24(22,23)15-7-6-12(17)8-11(15)3/h6-8,13-14H,4-5,9-10,18H2,1-3H3. The van der Waals surface area contributed by atoms with E-state index in [4.69, 9.17) is 5.73 Å². The molecule has 0 radical (unpaired) electrons. The van der Waals surface area contributed by atoms with Crippen LogP contribution in [0.25, 0.3) is 0 Å². The monoisotopic (exact) mass is 357 g/mol. The Morgan fingerprint density at radius 3 is 2.54 bits per heavy atom. The van der Waals surface area contributed by atoms with Crippen molar-refractivity contribution >= 4 is 15.9 Å². The third-order valence-corrected chi connectivity index (χ3v) is 6.41. The van der Waals surface area contributed by atoms with Crippen LogP contribution < -0.4 is 5.73 Å². The maximum absolute atomic E-state index is 13.3. The molecule has 1 heterocycles. The lowest BCUT2D eigenvalue weighted by molar-refractivity contribution is -0.134. The minimum atomic E-state index is -3.92. The summed E-state index contributed by atoms with van der Waals surface area (Å²) in [6, 6.07) is 2.31. The molecule has 2 unspecified atom stereocenters. The number of benzene rings is 1. The zero-order valence-corrected chi connectivity index (χ0v) is 15.0. The van der Waals surface area contributed by atoms with Gasteiger partial charge in [0, 0.05) is 25.7 Å². The molecule has 6 nitrogen and oxygen atoms in total. The van der Waals surface area contributed by atoms with E-state index < -0.39 is 27.9 Å². The first-order chi connectivity index (χ1) is 11.2. The highest BCUT2D eigenvalue weighted by Crippen LogP contribution is 2.28. The van der Waals surface area contributed by atoms with E-state index in [0.717, 1.165) is 6.07 Å². The van der Waals surface area contributed by atoms with E-state index >= 15 is 0 Å². The normalized spacial score (nSPS) is 21.9. The van der Waals surface area contributed by atoms with Crippen LogP contribution in [-0.2, 0) is 14.8 Å².